The van der Waals surface area contributed by atoms with Crippen molar-refractivity contribution in [2.75, 3.05) is 38.2 Å². The summed E-state index contributed by atoms with van der Waals surface area (Å²) in [6.07, 6.45) is 0.575. The predicted octanol–water partition coefficient (Wildman–Crippen LogP) is 5.77. The first kappa shape index (κ1) is 30.4. The molecule has 0 aliphatic rings. The molecule has 3 aromatic carbocycles. The second-order valence-corrected chi connectivity index (χ2v) is 8.89. The highest BCUT2D eigenvalue weighted by Gasteiger charge is 2.18. The van der Waals surface area contributed by atoms with Gasteiger partial charge in [-0.2, -0.15) is 0 Å². The van der Waals surface area contributed by atoms with Crippen LogP contribution in [0.4, 0.5) is 19.3 Å². The molecule has 0 radical (unpaired) electrons. The SMILES string of the molecule is CCOC(Cc1ccc(OCCN(CCCCOc2ccc(F)cc2)C(=O)Nc2ccccc2F)cc1)C(=O)O. The third kappa shape index (κ3) is 10.2. The van der Waals surface area contributed by atoms with Crippen LogP contribution in [0.2, 0.25) is 0 Å². The Kier molecular flexibility index (Phi) is 12.2. The molecule has 0 aliphatic heterocycles. The fourth-order valence-corrected chi connectivity index (χ4v) is 3.83. The van der Waals surface area contributed by atoms with Crippen LogP contribution in [0.15, 0.2) is 72.8 Å². The molecule has 0 aromatic heterocycles. The number of unbranched alkanes of at least 4 members (excludes halogenated alkanes) is 1. The van der Waals surface area contributed by atoms with Crippen molar-refractivity contribution in [3.8, 4) is 11.5 Å². The van der Waals surface area contributed by atoms with E-state index < -0.39 is 23.9 Å². The van der Waals surface area contributed by atoms with Gasteiger partial charge in [0.1, 0.15) is 29.7 Å². The van der Waals surface area contributed by atoms with E-state index in [9.17, 15) is 23.5 Å². The number of carboxylic acids is 1. The van der Waals surface area contributed by atoms with Crippen LogP contribution in [0.5, 0.6) is 11.5 Å². The Hall–Kier alpha value is -4.18. The van der Waals surface area contributed by atoms with E-state index in [0.29, 0.717) is 44.1 Å². The Morgan fingerprint density at radius 2 is 1.52 bits per heavy atom. The Balaban J connectivity index is 1.52. The summed E-state index contributed by atoms with van der Waals surface area (Å²) < 4.78 is 43.8. The maximum atomic E-state index is 14.1. The predicted molar refractivity (Wildman–Crippen MR) is 147 cm³/mol. The van der Waals surface area contributed by atoms with Crippen LogP contribution in [0.1, 0.15) is 25.3 Å². The molecule has 10 heteroatoms. The number of rotatable bonds is 16. The second-order valence-electron chi connectivity index (χ2n) is 8.89. The smallest absolute Gasteiger partial charge is 0.333 e. The van der Waals surface area contributed by atoms with Crippen LogP contribution in [0.25, 0.3) is 0 Å². The average Bonchev–Trinajstić information content (AvgIpc) is 2.94. The number of ether oxygens (including phenoxy) is 3. The third-order valence-electron chi connectivity index (χ3n) is 5.93. The minimum absolute atomic E-state index is 0.0837. The fourth-order valence-electron chi connectivity index (χ4n) is 3.83. The van der Waals surface area contributed by atoms with Crippen molar-refractivity contribution >= 4 is 17.7 Å². The minimum Gasteiger partial charge on any atom is -0.494 e. The molecule has 0 saturated carbocycles. The van der Waals surface area contributed by atoms with Crippen LogP contribution >= 0.6 is 0 Å². The van der Waals surface area contributed by atoms with Gasteiger partial charge >= 0.3 is 12.0 Å². The zero-order valence-electron chi connectivity index (χ0n) is 22.4. The molecule has 8 nitrogen and oxygen atoms in total. The van der Waals surface area contributed by atoms with Crippen LogP contribution in [0, 0.1) is 11.6 Å². The lowest BCUT2D eigenvalue weighted by atomic mass is 10.1. The molecular formula is C30H34F2N2O6. The molecule has 1 unspecified atom stereocenters. The minimum atomic E-state index is -1.02. The van der Waals surface area contributed by atoms with E-state index in [1.54, 1.807) is 55.5 Å². The van der Waals surface area contributed by atoms with Gasteiger partial charge < -0.3 is 29.5 Å². The van der Waals surface area contributed by atoms with Gasteiger partial charge in [0.25, 0.3) is 0 Å². The first-order chi connectivity index (χ1) is 19.4. The molecule has 0 saturated heterocycles. The zero-order valence-corrected chi connectivity index (χ0v) is 22.4. The van der Waals surface area contributed by atoms with Gasteiger partial charge in [0.2, 0.25) is 0 Å². The largest absolute Gasteiger partial charge is 0.494 e. The van der Waals surface area contributed by atoms with E-state index in [4.69, 9.17) is 14.2 Å². The first-order valence-corrected chi connectivity index (χ1v) is 13.1. The van der Waals surface area contributed by atoms with Gasteiger partial charge in [0.15, 0.2) is 6.10 Å². The van der Waals surface area contributed by atoms with Crippen molar-refractivity contribution in [3.63, 3.8) is 0 Å². The number of aliphatic carboxylic acids is 1. The summed E-state index contributed by atoms with van der Waals surface area (Å²) in [7, 11) is 0. The lowest BCUT2D eigenvalue weighted by molar-refractivity contribution is -0.149. The highest BCUT2D eigenvalue weighted by Crippen LogP contribution is 2.17. The lowest BCUT2D eigenvalue weighted by Crippen LogP contribution is -2.38. The maximum absolute atomic E-state index is 14.1. The van der Waals surface area contributed by atoms with Gasteiger partial charge in [-0.25, -0.2) is 18.4 Å². The van der Waals surface area contributed by atoms with E-state index in [2.05, 4.69) is 5.32 Å². The molecule has 214 valence electrons. The average molecular weight is 557 g/mol. The third-order valence-corrected chi connectivity index (χ3v) is 5.93. The number of amides is 2. The lowest BCUT2D eigenvalue weighted by Gasteiger charge is -2.23. The molecule has 0 heterocycles. The number of urea groups is 1. The van der Waals surface area contributed by atoms with Gasteiger partial charge in [-0.1, -0.05) is 24.3 Å². The summed E-state index contributed by atoms with van der Waals surface area (Å²) in [5.41, 5.74) is 0.877. The highest BCUT2D eigenvalue weighted by atomic mass is 19.1. The number of carbonyl (C=O) groups excluding carboxylic acids is 1. The summed E-state index contributed by atoms with van der Waals surface area (Å²) in [5.74, 6) is -0.761. The van der Waals surface area contributed by atoms with E-state index >= 15 is 0 Å². The molecule has 3 aromatic rings. The van der Waals surface area contributed by atoms with Crippen molar-refractivity contribution in [3.05, 3.63) is 90.0 Å². The Morgan fingerprint density at radius 3 is 2.17 bits per heavy atom. The maximum Gasteiger partial charge on any atom is 0.333 e. The molecule has 2 N–H and O–H groups in total. The monoisotopic (exact) mass is 556 g/mol. The Labute approximate surface area is 232 Å². The molecule has 0 aliphatic carbocycles. The summed E-state index contributed by atoms with van der Waals surface area (Å²) in [4.78, 5) is 25.8. The number of nitrogens with zero attached hydrogens (tertiary/aromatic N) is 1. The van der Waals surface area contributed by atoms with Crippen molar-refractivity contribution in [2.45, 2.75) is 32.3 Å². The number of hydrogen-bond acceptors (Lipinski definition) is 5. The van der Waals surface area contributed by atoms with E-state index in [1.807, 2.05) is 0 Å². The molecule has 0 fully saturated rings. The van der Waals surface area contributed by atoms with Crippen molar-refractivity contribution < 1.29 is 37.7 Å². The van der Waals surface area contributed by atoms with Crippen LogP contribution in [-0.4, -0.2) is 61.0 Å². The summed E-state index contributed by atoms with van der Waals surface area (Å²) in [6, 6.07) is 18.2. The van der Waals surface area contributed by atoms with Gasteiger partial charge in [-0.15, -0.1) is 0 Å². The van der Waals surface area contributed by atoms with Gasteiger partial charge in [-0.3, -0.25) is 0 Å². The number of anilines is 1. The van der Waals surface area contributed by atoms with Gasteiger partial charge in [-0.05, 0) is 73.9 Å². The number of carbonyl (C=O) groups is 2. The van der Waals surface area contributed by atoms with Crippen LogP contribution in [0.3, 0.4) is 0 Å². The second kappa shape index (κ2) is 16.0. The number of halogens is 2. The van der Waals surface area contributed by atoms with Gasteiger partial charge in [0.05, 0.1) is 18.8 Å². The summed E-state index contributed by atoms with van der Waals surface area (Å²) in [5, 5.41) is 11.9. The number of benzene rings is 3. The summed E-state index contributed by atoms with van der Waals surface area (Å²) in [6.45, 7) is 3.25. The Bertz CT molecular complexity index is 1210. The molecule has 3 rings (SSSR count). The molecule has 0 spiro atoms. The number of para-hydroxylation sites is 1. The van der Waals surface area contributed by atoms with E-state index in [0.717, 1.165) is 5.56 Å². The first-order valence-electron chi connectivity index (χ1n) is 13.1. The topological polar surface area (TPSA) is 97.3 Å². The number of hydrogen-bond donors (Lipinski definition) is 2. The molecule has 40 heavy (non-hydrogen) atoms. The summed E-state index contributed by atoms with van der Waals surface area (Å²) >= 11 is 0. The number of carboxylic acid groups (broad SMARTS) is 1. The molecule has 1 atom stereocenters. The van der Waals surface area contributed by atoms with Crippen molar-refractivity contribution in [1.82, 2.24) is 4.90 Å². The molecule has 0 bridgehead atoms. The standard InChI is InChI=1S/C30H34F2N2O6/c1-2-38-28(29(35)36)21-22-9-13-24(14-10-22)40-20-18-34(30(37)33-27-8-4-3-7-26(27)32)17-5-6-19-39-25-15-11-23(31)12-16-25/h3-4,7-16,28H,2,5-6,17-21H2,1H3,(H,33,37)(H,35,36). The van der Waals surface area contributed by atoms with Crippen LogP contribution < -0.4 is 14.8 Å². The van der Waals surface area contributed by atoms with E-state index in [1.165, 1.54) is 29.2 Å². The Morgan fingerprint density at radius 1 is 0.875 bits per heavy atom. The van der Waals surface area contributed by atoms with E-state index in [-0.39, 0.29) is 31.1 Å². The molecule has 2 amide bonds. The quantitative estimate of drug-likeness (QED) is 0.218. The van der Waals surface area contributed by atoms with Crippen LogP contribution in [-0.2, 0) is 16.0 Å². The highest BCUT2D eigenvalue weighted by molar-refractivity contribution is 5.89. The van der Waals surface area contributed by atoms with Gasteiger partial charge in [0, 0.05) is 19.6 Å². The molecular weight excluding hydrogens is 522 g/mol. The zero-order chi connectivity index (χ0) is 28.7. The van der Waals surface area contributed by atoms with Crippen molar-refractivity contribution in [1.29, 1.82) is 0 Å². The van der Waals surface area contributed by atoms with Crippen molar-refractivity contribution in [2.24, 2.45) is 0 Å². The fraction of sp³-hybridized carbons (Fsp3) is 0.333. The normalized spacial score (nSPS) is 11.5. The number of nitrogens with one attached hydrogen (secondary N) is 1.